The molecule has 0 spiro atoms. The first-order valence-corrected chi connectivity index (χ1v) is 8.74. The number of aromatic nitrogens is 1. The minimum absolute atomic E-state index is 0.660. The highest BCUT2D eigenvalue weighted by Crippen LogP contribution is 2.31. The predicted octanol–water partition coefficient (Wildman–Crippen LogP) is 6.62. The third-order valence-corrected chi connectivity index (χ3v) is 4.94. The van der Waals surface area contributed by atoms with Crippen molar-refractivity contribution < 1.29 is 4.42 Å². The largest absolute Gasteiger partial charge is 0.436 e. The number of benzene rings is 4. The lowest BCUT2D eigenvalue weighted by Gasteiger charge is -2.10. The summed E-state index contributed by atoms with van der Waals surface area (Å²) in [5.74, 6) is 0.660. The molecule has 26 heavy (non-hydrogen) atoms. The number of hydrogen-bond donors (Lipinski definition) is 0. The highest BCUT2D eigenvalue weighted by atomic mass is 16.3. The first-order valence-electron chi connectivity index (χ1n) is 8.74. The molecular weight excluding hydrogens is 318 g/mol. The predicted molar refractivity (Wildman–Crippen MR) is 107 cm³/mol. The molecule has 5 aromatic rings. The Labute approximate surface area is 151 Å². The first kappa shape index (κ1) is 14.9. The monoisotopic (exact) mass is 335 g/mol. The van der Waals surface area contributed by atoms with Crippen LogP contribution in [0.3, 0.4) is 0 Å². The molecule has 0 radical (unpaired) electrons. The van der Waals surface area contributed by atoms with Crippen LogP contribution in [-0.4, -0.2) is 4.98 Å². The van der Waals surface area contributed by atoms with Gasteiger partial charge in [-0.1, -0.05) is 60.7 Å². The molecule has 0 bridgehead atoms. The molecule has 0 fully saturated rings. The van der Waals surface area contributed by atoms with Crippen LogP contribution in [0.25, 0.3) is 44.5 Å². The fourth-order valence-electron chi connectivity index (χ4n) is 3.53. The van der Waals surface area contributed by atoms with E-state index >= 15 is 0 Å². The number of fused-ring (bicyclic) bond motifs is 2. The Bertz CT molecular complexity index is 1200. The average Bonchev–Trinajstić information content (AvgIpc) is 3.13. The molecule has 5 rings (SSSR count). The zero-order valence-corrected chi connectivity index (χ0v) is 14.4. The van der Waals surface area contributed by atoms with Gasteiger partial charge in [0.15, 0.2) is 5.58 Å². The maximum Gasteiger partial charge on any atom is 0.227 e. The van der Waals surface area contributed by atoms with Gasteiger partial charge in [0, 0.05) is 5.56 Å². The zero-order chi connectivity index (χ0) is 17.5. The second-order valence-electron chi connectivity index (χ2n) is 6.52. The van der Waals surface area contributed by atoms with Gasteiger partial charge >= 0.3 is 0 Å². The van der Waals surface area contributed by atoms with Crippen LogP contribution in [0.4, 0.5) is 0 Å². The van der Waals surface area contributed by atoms with E-state index in [1.807, 2.05) is 24.3 Å². The summed E-state index contributed by atoms with van der Waals surface area (Å²) in [5.41, 5.74) is 6.45. The van der Waals surface area contributed by atoms with Crippen LogP contribution < -0.4 is 0 Å². The van der Waals surface area contributed by atoms with E-state index in [1.165, 1.54) is 27.5 Å². The van der Waals surface area contributed by atoms with E-state index in [4.69, 9.17) is 4.42 Å². The van der Waals surface area contributed by atoms with E-state index in [2.05, 4.69) is 72.6 Å². The van der Waals surface area contributed by atoms with Crippen molar-refractivity contribution in [3.63, 3.8) is 0 Å². The minimum atomic E-state index is 0.660. The number of oxazole rings is 1. The second kappa shape index (κ2) is 5.85. The Hall–Kier alpha value is -3.39. The molecular formula is C24H17NO. The SMILES string of the molecule is Cc1c(-c2ccc(-c3nc4ccccc4o3)cc2)ccc2ccccc12. The van der Waals surface area contributed by atoms with Gasteiger partial charge in [0.05, 0.1) is 0 Å². The first-order chi connectivity index (χ1) is 12.8. The standard InChI is InChI=1S/C24H17NO/c1-16-20-7-3-2-6-17(20)14-15-21(16)18-10-12-19(13-11-18)24-25-22-8-4-5-9-23(22)26-24/h2-15H,1H3. The highest BCUT2D eigenvalue weighted by molar-refractivity contribution is 5.91. The van der Waals surface area contributed by atoms with Crippen molar-refractivity contribution >= 4 is 21.9 Å². The van der Waals surface area contributed by atoms with Crippen LogP contribution in [0.5, 0.6) is 0 Å². The van der Waals surface area contributed by atoms with Crippen molar-refractivity contribution in [2.75, 3.05) is 0 Å². The molecule has 2 nitrogen and oxygen atoms in total. The molecule has 0 aliphatic heterocycles. The Balaban J connectivity index is 1.57. The molecule has 1 heterocycles. The van der Waals surface area contributed by atoms with Gasteiger partial charge in [-0.05, 0) is 58.7 Å². The smallest absolute Gasteiger partial charge is 0.227 e. The summed E-state index contributed by atoms with van der Waals surface area (Å²) in [7, 11) is 0. The number of para-hydroxylation sites is 2. The Kier molecular flexibility index (Phi) is 3.36. The molecule has 0 saturated carbocycles. The fourth-order valence-corrected chi connectivity index (χ4v) is 3.53. The van der Waals surface area contributed by atoms with Gasteiger partial charge in [0.25, 0.3) is 0 Å². The van der Waals surface area contributed by atoms with Gasteiger partial charge in [-0.25, -0.2) is 4.98 Å². The van der Waals surface area contributed by atoms with Crippen molar-refractivity contribution in [1.29, 1.82) is 0 Å². The van der Waals surface area contributed by atoms with Crippen LogP contribution in [0, 0.1) is 6.92 Å². The van der Waals surface area contributed by atoms with Gasteiger partial charge in [0.1, 0.15) is 5.52 Å². The van der Waals surface area contributed by atoms with Crippen LogP contribution >= 0.6 is 0 Å². The quantitative estimate of drug-likeness (QED) is 0.362. The molecule has 2 heteroatoms. The minimum Gasteiger partial charge on any atom is -0.436 e. The van der Waals surface area contributed by atoms with Crippen LogP contribution in [0.1, 0.15) is 5.56 Å². The number of hydrogen-bond acceptors (Lipinski definition) is 2. The van der Waals surface area contributed by atoms with Crippen LogP contribution in [0.15, 0.2) is 89.3 Å². The molecule has 0 unspecified atom stereocenters. The topological polar surface area (TPSA) is 26.0 Å². The third-order valence-electron chi connectivity index (χ3n) is 4.94. The van der Waals surface area contributed by atoms with E-state index < -0.39 is 0 Å². The molecule has 4 aromatic carbocycles. The fraction of sp³-hybridized carbons (Fsp3) is 0.0417. The Morgan fingerprint density at radius 3 is 2.27 bits per heavy atom. The summed E-state index contributed by atoms with van der Waals surface area (Å²) in [6, 6.07) is 29.2. The van der Waals surface area contributed by atoms with Crippen LogP contribution in [0.2, 0.25) is 0 Å². The molecule has 0 amide bonds. The number of aryl methyl sites for hydroxylation is 1. The van der Waals surface area contributed by atoms with Gasteiger partial charge in [-0.2, -0.15) is 0 Å². The van der Waals surface area contributed by atoms with Gasteiger partial charge in [-0.15, -0.1) is 0 Å². The molecule has 0 N–H and O–H groups in total. The van der Waals surface area contributed by atoms with Crippen molar-refractivity contribution in [3.05, 3.63) is 90.5 Å². The average molecular weight is 335 g/mol. The number of rotatable bonds is 2. The number of nitrogens with zero attached hydrogens (tertiary/aromatic N) is 1. The highest BCUT2D eigenvalue weighted by Gasteiger charge is 2.09. The zero-order valence-electron chi connectivity index (χ0n) is 14.4. The van der Waals surface area contributed by atoms with Crippen LogP contribution in [-0.2, 0) is 0 Å². The van der Waals surface area contributed by atoms with Crippen molar-refractivity contribution in [3.8, 4) is 22.6 Å². The molecule has 0 aliphatic carbocycles. The van der Waals surface area contributed by atoms with Gasteiger partial charge in [0.2, 0.25) is 5.89 Å². The van der Waals surface area contributed by atoms with Gasteiger partial charge < -0.3 is 4.42 Å². The van der Waals surface area contributed by atoms with Crippen molar-refractivity contribution in [2.24, 2.45) is 0 Å². The summed E-state index contributed by atoms with van der Waals surface area (Å²) >= 11 is 0. The molecule has 1 aromatic heterocycles. The second-order valence-corrected chi connectivity index (χ2v) is 6.52. The normalized spacial score (nSPS) is 11.3. The maximum atomic E-state index is 5.87. The summed E-state index contributed by atoms with van der Waals surface area (Å²) in [6.07, 6.45) is 0. The van der Waals surface area contributed by atoms with Gasteiger partial charge in [-0.3, -0.25) is 0 Å². The van der Waals surface area contributed by atoms with Crippen molar-refractivity contribution in [1.82, 2.24) is 4.98 Å². The summed E-state index contributed by atoms with van der Waals surface area (Å²) in [5, 5.41) is 2.57. The third kappa shape index (κ3) is 2.39. The summed E-state index contributed by atoms with van der Waals surface area (Å²) in [4.78, 5) is 4.58. The van der Waals surface area contributed by atoms with E-state index in [0.717, 1.165) is 16.7 Å². The van der Waals surface area contributed by atoms with E-state index in [9.17, 15) is 0 Å². The Morgan fingerprint density at radius 1 is 0.692 bits per heavy atom. The molecule has 124 valence electrons. The summed E-state index contributed by atoms with van der Waals surface area (Å²) in [6.45, 7) is 2.19. The Morgan fingerprint density at radius 2 is 1.42 bits per heavy atom. The molecule has 0 saturated heterocycles. The lowest BCUT2D eigenvalue weighted by molar-refractivity contribution is 0.620. The van der Waals surface area contributed by atoms with E-state index in [-0.39, 0.29) is 0 Å². The lowest BCUT2D eigenvalue weighted by Crippen LogP contribution is -1.86. The van der Waals surface area contributed by atoms with E-state index in [1.54, 1.807) is 0 Å². The molecule has 0 atom stereocenters. The maximum absolute atomic E-state index is 5.87. The molecule has 0 aliphatic rings. The lowest BCUT2D eigenvalue weighted by atomic mass is 9.95. The van der Waals surface area contributed by atoms with Crippen molar-refractivity contribution in [2.45, 2.75) is 6.92 Å². The van der Waals surface area contributed by atoms with E-state index in [0.29, 0.717) is 5.89 Å². The summed E-state index contributed by atoms with van der Waals surface area (Å²) < 4.78 is 5.87.